The number of nitrogen functional groups attached to an aromatic ring is 1. The SMILES string of the molecule is Nc1nc2c(-c3c(Cl)cc4c(N5CCN(C(=O)C=CN6CCNCC6)CC5)cc(Cl)nc4c3F)ccc(F)c2s1. The second-order valence-electron chi connectivity index (χ2n) is 9.65. The summed E-state index contributed by atoms with van der Waals surface area (Å²) in [6.07, 6.45) is 3.49. The Hall–Kier alpha value is -3.25. The van der Waals surface area contributed by atoms with Crippen molar-refractivity contribution in [1.82, 2.24) is 25.1 Å². The van der Waals surface area contributed by atoms with E-state index in [0.29, 0.717) is 42.8 Å². The fourth-order valence-electron chi connectivity index (χ4n) is 5.22. The first-order valence-electron chi connectivity index (χ1n) is 12.8. The number of piperazine rings is 2. The second kappa shape index (κ2) is 11.0. The van der Waals surface area contributed by atoms with E-state index in [-0.39, 0.29) is 42.5 Å². The summed E-state index contributed by atoms with van der Waals surface area (Å²) in [6, 6.07) is 6.00. The Balaban J connectivity index is 1.29. The highest BCUT2D eigenvalue weighted by atomic mass is 35.5. The van der Waals surface area contributed by atoms with Gasteiger partial charge in [0.25, 0.3) is 0 Å². The Bertz CT molecular complexity index is 1650. The topological polar surface area (TPSA) is 90.6 Å². The molecule has 0 unspecified atom stereocenters. The van der Waals surface area contributed by atoms with E-state index in [1.54, 1.807) is 23.1 Å². The molecule has 40 heavy (non-hydrogen) atoms. The first-order chi connectivity index (χ1) is 19.3. The molecule has 0 spiro atoms. The van der Waals surface area contributed by atoms with Gasteiger partial charge in [-0.3, -0.25) is 4.79 Å². The second-order valence-corrected chi connectivity index (χ2v) is 11.5. The number of anilines is 2. The van der Waals surface area contributed by atoms with Gasteiger partial charge in [0.1, 0.15) is 16.5 Å². The summed E-state index contributed by atoms with van der Waals surface area (Å²) in [6.45, 7) is 5.61. The molecule has 0 saturated carbocycles. The van der Waals surface area contributed by atoms with E-state index >= 15 is 4.39 Å². The Morgan fingerprint density at radius 3 is 2.52 bits per heavy atom. The summed E-state index contributed by atoms with van der Waals surface area (Å²) >= 11 is 14.0. The van der Waals surface area contributed by atoms with Gasteiger partial charge in [0.05, 0.1) is 15.2 Å². The van der Waals surface area contributed by atoms with Crippen LogP contribution in [0.2, 0.25) is 10.2 Å². The Kier molecular flexibility index (Phi) is 7.39. The number of thiazole rings is 1. The van der Waals surface area contributed by atoms with E-state index in [0.717, 1.165) is 37.5 Å². The number of benzene rings is 2. The molecule has 2 aliphatic heterocycles. The molecule has 1 amide bonds. The van der Waals surface area contributed by atoms with Gasteiger partial charge in [-0.15, -0.1) is 0 Å². The van der Waals surface area contributed by atoms with Gasteiger partial charge in [0.2, 0.25) is 5.91 Å². The summed E-state index contributed by atoms with van der Waals surface area (Å²) in [5.74, 6) is -1.22. The molecule has 13 heteroatoms. The van der Waals surface area contributed by atoms with Crippen molar-refractivity contribution in [3.63, 3.8) is 0 Å². The maximum Gasteiger partial charge on any atom is 0.248 e. The molecule has 0 radical (unpaired) electrons. The maximum atomic E-state index is 16.1. The van der Waals surface area contributed by atoms with Crippen LogP contribution >= 0.6 is 34.5 Å². The van der Waals surface area contributed by atoms with E-state index in [1.165, 1.54) is 12.1 Å². The van der Waals surface area contributed by atoms with Gasteiger partial charge in [0.15, 0.2) is 10.9 Å². The van der Waals surface area contributed by atoms with Gasteiger partial charge in [-0.05, 0) is 24.3 Å². The monoisotopic (exact) mass is 603 g/mol. The number of nitrogens with two attached hydrogens (primary N) is 1. The third-order valence-electron chi connectivity index (χ3n) is 7.24. The minimum Gasteiger partial charge on any atom is -0.375 e. The van der Waals surface area contributed by atoms with Crippen LogP contribution in [0.3, 0.4) is 0 Å². The number of halogens is 4. The van der Waals surface area contributed by atoms with Gasteiger partial charge >= 0.3 is 0 Å². The van der Waals surface area contributed by atoms with E-state index in [4.69, 9.17) is 28.9 Å². The highest BCUT2D eigenvalue weighted by Gasteiger charge is 2.26. The predicted octanol–water partition coefficient (Wildman–Crippen LogP) is 4.75. The molecule has 0 aliphatic carbocycles. The van der Waals surface area contributed by atoms with E-state index in [1.807, 2.05) is 11.1 Å². The normalized spacial score (nSPS) is 16.6. The molecule has 2 fully saturated rings. The van der Waals surface area contributed by atoms with Gasteiger partial charge < -0.3 is 25.8 Å². The molecule has 6 rings (SSSR count). The molecule has 0 bridgehead atoms. The molecule has 4 heterocycles. The van der Waals surface area contributed by atoms with Crippen LogP contribution in [0.4, 0.5) is 19.6 Å². The quantitative estimate of drug-likeness (QED) is 0.257. The molecule has 3 N–H and O–H groups in total. The predicted molar refractivity (Wildman–Crippen MR) is 157 cm³/mol. The van der Waals surface area contributed by atoms with E-state index < -0.39 is 11.6 Å². The largest absolute Gasteiger partial charge is 0.375 e. The van der Waals surface area contributed by atoms with Crippen molar-refractivity contribution in [2.24, 2.45) is 0 Å². The van der Waals surface area contributed by atoms with Gasteiger partial charge in [-0.2, -0.15) is 0 Å². The summed E-state index contributed by atoms with van der Waals surface area (Å²) in [5, 5.41) is 4.19. The zero-order valence-corrected chi connectivity index (χ0v) is 23.6. The number of carbonyl (C=O) groups is 1. The minimum atomic E-state index is -0.683. The van der Waals surface area contributed by atoms with Gasteiger partial charge in [0, 0.05) is 86.8 Å². The maximum absolute atomic E-state index is 16.1. The molecule has 4 aromatic rings. The van der Waals surface area contributed by atoms with Gasteiger partial charge in [-0.25, -0.2) is 18.7 Å². The van der Waals surface area contributed by atoms with Crippen molar-refractivity contribution < 1.29 is 13.6 Å². The fourth-order valence-corrected chi connectivity index (χ4v) is 6.46. The van der Waals surface area contributed by atoms with Crippen LogP contribution < -0.4 is 16.0 Å². The van der Waals surface area contributed by atoms with Crippen LogP contribution in [0.15, 0.2) is 36.5 Å². The van der Waals surface area contributed by atoms with E-state index in [2.05, 4.69) is 20.2 Å². The smallest absolute Gasteiger partial charge is 0.248 e. The lowest BCUT2D eigenvalue weighted by Crippen LogP contribution is -2.48. The summed E-state index contributed by atoms with van der Waals surface area (Å²) in [4.78, 5) is 27.2. The van der Waals surface area contributed by atoms with Crippen LogP contribution in [0, 0.1) is 11.6 Å². The molecule has 8 nitrogen and oxygen atoms in total. The lowest BCUT2D eigenvalue weighted by atomic mass is 10.0. The Morgan fingerprint density at radius 2 is 1.77 bits per heavy atom. The number of aromatic nitrogens is 2. The number of hydrogen-bond donors (Lipinski definition) is 2. The fraction of sp³-hybridized carbons (Fsp3) is 0.296. The minimum absolute atomic E-state index is 0.0391. The standard InChI is InChI=1S/C27H25Cl2F2N7OS/c28-17-13-16-19(37-9-11-38(12-10-37)21(39)3-6-36-7-4-33-5-8-36)14-20(29)34-24(16)23(31)22(17)15-1-2-18(30)26-25(15)35-27(32)40-26/h1-3,6,13-14,33H,4-5,7-12H2,(H2,32,35). The summed E-state index contributed by atoms with van der Waals surface area (Å²) < 4.78 is 30.8. The molecule has 2 aromatic heterocycles. The van der Waals surface area contributed by atoms with Crippen molar-refractivity contribution in [1.29, 1.82) is 0 Å². The van der Waals surface area contributed by atoms with Crippen LogP contribution in [-0.4, -0.2) is 78.0 Å². The number of rotatable bonds is 4. The average Bonchev–Trinajstić information content (AvgIpc) is 3.36. The van der Waals surface area contributed by atoms with Crippen LogP contribution in [0.25, 0.3) is 32.2 Å². The first-order valence-corrected chi connectivity index (χ1v) is 14.4. The summed E-state index contributed by atoms with van der Waals surface area (Å²) in [5.41, 5.74) is 7.14. The third kappa shape index (κ3) is 5.03. The number of amides is 1. The highest BCUT2D eigenvalue weighted by Crippen LogP contribution is 2.43. The van der Waals surface area contributed by atoms with Crippen molar-refractivity contribution in [3.8, 4) is 11.1 Å². The molecule has 2 saturated heterocycles. The Morgan fingerprint density at radius 1 is 1.02 bits per heavy atom. The number of pyridine rings is 1. The van der Waals surface area contributed by atoms with Crippen LogP contribution in [0.5, 0.6) is 0 Å². The van der Waals surface area contributed by atoms with Crippen molar-refractivity contribution in [2.75, 3.05) is 63.0 Å². The number of nitrogens with zero attached hydrogens (tertiary/aromatic N) is 5. The molecule has 2 aliphatic rings. The summed E-state index contributed by atoms with van der Waals surface area (Å²) in [7, 11) is 0. The highest BCUT2D eigenvalue weighted by molar-refractivity contribution is 7.22. The number of carbonyl (C=O) groups excluding carboxylic acids is 1. The number of hydrogen-bond acceptors (Lipinski definition) is 8. The molecule has 208 valence electrons. The molecular formula is C27H25Cl2F2N7OS. The lowest BCUT2D eigenvalue weighted by Gasteiger charge is -2.36. The molecular weight excluding hydrogens is 579 g/mol. The molecule has 2 aromatic carbocycles. The zero-order valence-electron chi connectivity index (χ0n) is 21.3. The van der Waals surface area contributed by atoms with Crippen molar-refractivity contribution in [3.05, 3.63) is 58.4 Å². The van der Waals surface area contributed by atoms with Crippen LogP contribution in [0.1, 0.15) is 0 Å². The average molecular weight is 605 g/mol. The lowest BCUT2D eigenvalue weighted by molar-refractivity contribution is -0.126. The number of fused-ring (bicyclic) bond motifs is 2. The number of nitrogens with one attached hydrogen (secondary N) is 1. The Labute approximate surface area is 243 Å². The molecule has 0 atom stereocenters. The van der Waals surface area contributed by atoms with Crippen molar-refractivity contribution >= 4 is 72.4 Å². The van der Waals surface area contributed by atoms with Crippen LogP contribution in [-0.2, 0) is 4.79 Å². The van der Waals surface area contributed by atoms with E-state index in [9.17, 15) is 9.18 Å². The van der Waals surface area contributed by atoms with Crippen molar-refractivity contribution in [2.45, 2.75) is 0 Å². The zero-order chi connectivity index (χ0) is 28.0. The first kappa shape index (κ1) is 26.9. The van der Waals surface area contributed by atoms with Gasteiger partial charge in [-0.1, -0.05) is 34.5 Å². The third-order valence-corrected chi connectivity index (χ3v) is 8.62.